The molecule has 0 amide bonds. The van der Waals surface area contributed by atoms with Crippen LogP contribution in [0.25, 0.3) is 0 Å². The van der Waals surface area contributed by atoms with Gasteiger partial charge in [0, 0.05) is 18.3 Å². The lowest BCUT2D eigenvalue weighted by Crippen LogP contribution is -2.38. The quantitative estimate of drug-likeness (QED) is 0.483. The van der Waals surface area contributed by atoms with Crippen LogP contribution in [0.4, 0.5) is 21.8 Å². The van der Waals surface area contributed by atoms with Gasteiger partial charge in [0.25, 0.3) is 0 Å². The lowest BCUT2D eigenvalue weighted by atomic mass is 9.94. The van der Waals surface area contributed by atoms with E-state index in [0.29, 0.717) is 5.95 Å². The van der Waals surface area contributed by atoms with Crippen molar-refractivity contribution in [1.29, 1.82) is 0 Å². The predicted molar refractivity (Wildman–Crippen MR) is 123 cm³/mol. The van der Waals surface area contributed by atoms with Gasteiger partial charge in [-0.3, -0.25) is 0 Å². The topological polar surface area (TPSA) is 61.9 Å². The van der Waals surface area contributed by atoms with Gasteiger partial charge in [-0.1, -0.05) is 39.7 Å². The molecule has 1 saturated heterocycles. The van der Waals surface area contributed by atoms with Crippen LogP contribution >= 0.6 is 0 Å². The molecule has 0 radical (unpaired) electrons. The highest BCUT2D eigenvalue weighted by Crippen LogP contribution is 2.24. The van der Waals surface area contributed by atoms with E-state index in [0.717, 1.165) is 56.8 Å². The second-order valence-corrected chi connectivity index (χ2v) is 8.49. The summed E-state index contributed by atoms with van der Waals surface area (Å²) in [6, 6.07) is 6.68. The van der Waals surface area contributed by atoms with Gasteiger partial charge in [-0.15, -0.1) is 0 Å². The van der Waals surface area contributed by atoms with E-state index in [2.05, 4.69) is 64.9 Å². The fourth-order valence-corrected chi connectivity index (χ4v) is 3.88. The maximum atomic E-state index is 14.2. The Morgan fingerprint density at radius 1 is 1.23 bits per heavy atom. The van der Waals surface area contributed by atoms with Crippen molar-refractivity contribution in [3.05, 3.63) is 41.3 Å². The van der Waals surface area contributed by atoms with Gasteiger partial charge in [0.2, 0.25) is 5.95 Å². The first-order valence-corrected chi connectivity index (χ1v) is 11.5. The number of rotatable bonds is 10. The zero-order valence-corrected chi connectivity index (χ0v) is 18.6. The molecule has 2 aromatic rings. The lowest BCUT2D eigenvalue weighted by molar-refractivity contribution is 0.476. The van der Waals surface area contributed by atoms with Crippen LogP contribution in [0.15, 0.2) is 24.4 Å². The van der Waals surface area contributed by atoms with Crippen molar-refractivity contribution in [1.82, 2.24) is 15.3 Å². The molecule has 0 bridgehead atoms. The number of benzene rings is 1. The van der Waals surface area contributed by atoms with Gasteiger partial charge in [-0.05, 0) is 67.8 Å². The molecular weight excluding hydrogens is 377 g/mol. The van der Waals surface area contributed by atoms with Crippen molar-refractivity contribution < 1.29 is 4.39 Å². The monoisotopic (exact) mass is 413 g/mol. The van der Waals surface area contributed by atoms with Crippen LogP contribution in [0, 0.1) is 11.7 Å². The van der Waals surface area contributed by atoms with E-state index >= 15 is 0 Å². The van der Waals surface area contributed by atoms with E-state index in [1.54, 1.807) is 0 Å². The van der Waals surface area contributed by atoms with Crippen LogP contribution in [0.1, 0.15) is 64.0 Å². The van der Waals surface area contributed by atoms with Crippen molar-refractivity contribution in [2.24, 2.45) is 5.92 Å². The summed E-state index contributed by atoms with van der Waals surface area (Å²) in [7, 11) is 0. The predicted octanol–water partition coefficient (Wildman–Crippen LogP) is 5.45. The SMILES string of the molecule is CCCc1cc(Nc2ncc(F)c(NC3CCCNC3)n2)ccc1CCC(C)CC. The van der Waals surface area contributed by atoms with Crippen LogP contribution in [0.2, 0.25) is 0 Å². The van der Waals surface area contributed by atoms with Gasteiger partial charge < -0.3 is 16.0 Å². The number of aryl methyl sites for hydroxylation is 2. The molecular formula is C24H36FN5. The number of nitrogens with zero attached hydrogens (tertiary/aromatic N) is 2. The molecule has 0 spiro atoms. The smallest absolute Gasteiger partial charge is 0.229 e. The third-order valence-electron chi connectivity index (χ3n) is 5.97. The number of hydrogen-bond donors (Lipinski definition) is 3. The van der Waals surface area contributed by atoms with Crippen molar-refractivity contribution in [2.75, 3.05) is 23.7 Å². The van der Waals surface area contributed by atoms with Crippen LogP contribution in [0.5, 0.6) is 0 Å². The summed E-state index contributed by atoms with van der Waals surface area (Å²) in [6.07, 6.45) is 9.04. The summed E-state index contributed by atoms with van der Waals surface area (Å²) in [4.78, 5) is 8.54. The van der Waals surface area contributed by atoms with Crippen LogP contribution in [-0.2, 0) is 12.8 Å². The Labute approximate surface area is 180 Å². The maximum Gasteiger partial charge on any atom is 0.229 e. The standard InChI is InChI=1S/C24H36FN5/c1-4-7-19-14-20(12-11-18(19)10-9-17(3)5-2)29-24-27-16-22(25)23(30-24)28-21-8-6-13-26-15-21/h11-12,14,16-17,21,26H,4-10,13,15H2,1-3H3,(H2,27,28,29,30). The number of nitrogens with one attached hydrogen (secondary N) is 3. The Morgan fingerprint density at radius 3 is 2.83 bits per heavy atom. The molecule has 0 aliphatic carbocycles. The summed E-state index contributed by atoms with van der Waals surface area (Å²) in [5.41, 5.74) is 3.75. The van der Waals surface area contributed by atoms with Gasteiger partial charge in [0.15, 0.2) is 11.6 Å². The van der Waals surface area contributed by atoms with Gasteiger partial charge in [-0.2, -0.15) is 4.98 Å². The average molecular weight is 414 g/mol. The summed E-state index contributed by atoms with van der Waals surface area (Å²) >= 11 is 0. The Bertz CT molecular complexity index is 804. The highest BCUT2D eigenvalue weighted by atomic mass is 19.1. The minimum atomic E-state index is -0.418. The number of piperidine rings is 1. The van der Waals surface area contributed by atoms with E-state index in [1.165, 1.54) is 30.2 Å². The Hall–Kier alpha value is -2.21. The first-order valence-electron chi connectivity index (χ1n) is 11.5. The maximum absolute atomic E-state index is 14.2. The summed E-state index contributed by atoms with van der Waals surface area (Å²) in [5.74, 6) is 1.01. The van der Waals surface area contributed by atoms with Crippen LogP contribution in [-0.4, -0.2) is 29.1 Å². The minimum absolute atomic E-state index is 0.192. The zero-order chi connectivity index (χ0) is 21.3. The molecule has 30 heavy (non-hydrogen) atoms. The molecule has 2 heterocycles. The van der Waals surface area contributed by atoms with Gasteiger partial charge >= 0.3 is 0 Å². The molecule has 1 aliphatic rings. The molecule has 5 nitrogen and oxygen atoms in total. The van der Waals surface area contributed by atoms with Crippen molar-refractivity contribution in [3.8, 4) is 0 Å². The molecule has 3 N–H and O–H groups in total. The number of anilines is 3. The normalized spacial score (nSPS) is 17.5. The summed E-state index contributed by atoms with van der Waals surface area (Å²) < 4.78 is 14.2. The molecule has 1 aliphatic heterocycles. The average Bonchev–Trinajstić information content (AvgIpc) is 2.76. The fourth-order valence-electron chi connectivity index (χ4n) is 3.88. The van der Waals surface area contributed by atoms with Gasteiger partial charge in [-0.25, -0.2) is 9.37 Å². The highest BCUT2D eigenvalue weighted by molar-refractivity contribution is 5.57. The largest absolute Gasteiger partial charge is 0.363 e. The summed E-state index contributed by atoms with van der Waals surface area (Å²) in [6.45, 7) is 8.62. The van der Waals surface area contributed by atoms with Crippen molar-refractivity contribution >= 4 is 17.5 Å². The van der Waals surface area contributed by atoms with E-state index in [-0.39, 0.29) is 11.9 Å². The number of aromatic nitrogens is 2. The minimum Gasteiger partial charge on any atom is -0.363 e. The van der Waals surface area contributed by atoms with Crippen LogP contribution in [0.3, 0.4) is 0 Å². The first-order chi connectivity index (χ1) is 14.6. The zero-order valence-electron chi connectivity index (χ0n) is 18.6. The van der Waals surface area contributed by atoms with E-state index < -0.39 is 5.82 Å². The third kappa shape index (κ3) is 6.39. The van der Waals surface area contributed by atoms with Crippen LogP contribution < -0.4 is 16.0 Å². The molecule has 1 aromatic carbocycles. The number of halogens is 1. The van der Waals surface area contributed by atoms with E-state index in [4.69, 9.17) is 0 Å². The molecule has 1 aromatic heterocycles. The molecule has 1 fully saturated rings. The fraction of sp³-hybridized carbons (Fsp3) is 0.583. The second-order valence-electron chi connectivity index (χ2n) is 8.49. The second kappa shape index (κ2) is 11.3. The summed E-state index contributed by atoms with van der Waals surface area (Å²) in [5, 5.41) is 9.82. The Morgan fingerprint density at radius 2 is 2.10 bits per heavy atom. The van der Waals surface area contributed by atoms with E-state index in [1.807, 2.05) is 0 Å². The van der Waals surface area contributed by atoms with Crippen molar-refractivity contribution in [3.63, 3.8) is 0 Å². The Kier molecular flexibility index (Phi) is 8.43. The molecule has 2 unspecified atom stereocenters. The Balaban J connectivity index is 1.71. The molecule has 0 saturated carbocycles. The van der Waals surface area contributed by atoms with Crippen molar-refractivity contribution in [2.45, 2.75) is 71.8 Å². The lowest BCUT2D eigenvalue weighted by Gasteiger charge is -2.24. The van der Waals surface area contributed by atoms with E-state index in [9.17, 15) is 4.39 Å². The third-order valence-corrected chi connectivity index (χ3v) is 5.97. The molecule has 6 heteroatoms. The number of hydrogen-bond acceptors (Lipinski definition) is 5. The molecule has 3 rings (SSSR count). The van der Waals surface area contributed by atoms with Gasteiger partial charge in [0.1, 0.15) is 0 Å². The first kappa shape index (κ1) is 22.5. The molecule has 164 valence electrons. The highest BCUT2D eigenvalue weighted by Gasteiger charge is 2.16. The molecule has 2 atom stereocenters. The van der Waals surface area contributed by atoms with Gasteiger partial charge in [0.05, 0.1) is 6.20 Å².